The van der Waals surface area contributed by atoms with Crippen LogP contribution in [0.5, 0.6) is 5.75 Å². The molecule has 0 unspecified atom stereocenters. The Balaban J connectivity index is 2.60. The van der Waals surface area contributed by atoms with Gasteiger partial charge in [-0.1, -0.05) is 19.8 Å². The van der Waals surface area contributed by atoms with Crippen LogP contribution in [0.3, 0.4) is 0 Å². The van der Waals surface area contributed by atoms with E-state index in [9.17, 15) is 4.79 Å². The van der Waals surface area contributed by atoms with E-state index < -0.39 is 0 Å². The van der Waals surface area contributed by atoms with Crippen molar-refractivity contribution in [1.82, 2.24) is 0 Å². The highest BCUT2D eigenvalue weighted by atomic mass is 16.5. The number of ether oxygens (including phenoxy) is 1. The molecule has 0 N–H and O–H groups in total. The largest absolute Gasteiger partial charge is 0.497 e. The molecule has 3 heteroatoms. The van der Waals surface area contributed by atoms with E-state index in [4.69, 9.17) is 4.74 Å². The average molecular weight is 247 g/mol. The zero-order chi connectivity index (χ0) is 13.4. The number of methoxy groups -OCH3 is 1. The fourth-order valence-electron chi connectivity index (χ4n) is 1.63. The van der Waals surface area contributed by atoms with Crippen LogP contribution in [0.4, 0.5) is 5.69 Å². The summed E-state index contributed by atoms with van der Waals surface area (Å²) in [6.45, 7) is 3.90. The Hall–Kier alpha value is -1.64. The van der Waals surface area contributed by atoms with Crippen molar-refractivity contribution in [3.05, 3.63) is 24.3 Å². The third kappa shape index (κ3) is 4.70. The van der Waals surface area contributed by atoms with Gasteiger partial charge in [-0.25, -0.2) is 0 Å². The molecule has 0 heterocycles. The molecule has 3 nitrogen and oxygen atoms in total. The Bertz CT molecular complexity index is 407. The van der Waals surface area contributed by atoms with Gasteiger partial charge in [0, 0.05) is 6.42 Å². The van der Waals surface area contributed by atoms with Crippen molar-refractivity contribution in [2.75, 3.05) is 7.11 Å². The van der Waals surface area contributed by atoms with Gasteiger partial charge in [0.1, 0.15) is 5.75 Å². The van der Waals surface area contributed by atoms with Gasteiger partial charge in [-0.2, -0.15) is 0 Å². The lowest BCUT2D eigenvalue weighted by Gasteiger charge is -2.02. The molecule has 1 rings (SSSR count). The number of ketones is 1. The van der Waals surface area contributed by atoms with Crippen LogP contribution in [0, 0.1) is 0 Å². The normalized spacial score (nSPS) is 11.4. The molecule has 0 aliphatic rings. The van der Waals surface area contributed by atoms with Crippen LogP contribution in [-0.4, -0.2) is 18.6 Å². The van der Waals surface area contributed by atoms with Gasteiger partial charge in [-0.3, -0.25) is 9.79 Å². The molecule has 0 saturated carbocycles. The number of rotatable bonds is 7. The van der Waals surface area contributed by atoms with Gasteiger partial charge in [0.25, 0.3) is 0 Å². The number of Topliss-reactive ketones (excluding diaryl/α,β-unsaturated/α-hetero) is 1. The third-order valence-corrected chi connectivity index (χ3v) is 2.78. The van der Waals surface area contributed by atoms with Crippen LogP contribution < -0.4 is 4.74 Å². The van der Waals surface area contributed by atoms with Crippen LogP contribution >= 0.6 is 0 Å². The first kappa shape index (κ1) is 14.4. The molecule has 0 fully saturated rings. The molecule has 0 atom stereocenters. The Morgan fingerprint density at radius 1 is 1.22 bits per heavy atom. The first-order valence-corrected chi connectivity index (χ1v) is 6.40. The minimum absolute atomic E-state index is 0.138. The molecule has 0 spiro atoms. The van der Waals surface area contributed by atoms with E-state index in [1.807, 2.05) is 24.3 Å². The van der Waals surface area contributed by atoms with Gasteiger partial charge in [-0.05, 0) is 37.6 Å². The number of hydrogen-bond donors (Lipinski definition) is 0. The Morgan fingerprint density at radius 3 is 2.44 bits per heavy atom. The number of carbonyl (C=O) groups is 1. The third-order valence-electron chi connectivity index (χ3n) is 2.78. The molecule has 0 aliphatic heterocycles. The monoisotopic (exact) mass is 247 g/mol. The maximum Gasteiger partial charge on any atom is 0.176 e. The number of carbonyl (C=O) groups excluding carboxylic acids is 1. The topological polar surface area (TPSA) is 38.7 Å². The fourth-order valence-corrected chi connectivity index (χ4v) is 1.63. The lowest BCUT2D eigenvalue weighted by molar-refractivity contribution is -0.113. The van der Waals surface area contributed by atoms with E-state index in [2.05, 4.69) is 11.9 Å². The van der Waals surface area contributed by atoms with Crippen LogP contribution in [0.1, 0.15) is 39.5 Å². The van der Waals surface area contributed by atoms with Crippen molar-refractivity contribution < 1.29 is 9.53 Å². The first-order valence-electron chi connectivity index (χ1n) is 6.40. The minimum Gasteiger partial charge on any atom is -0.497 e. The average Bonchev–Trinajstić information content (AvgIpc) is 2.39. The summed E-state index contributed by atoms with van der Waals surface area (Å²) in [6.07, 6.45) is 3.77. The predicted molar refractivity (Wildman–Crippen MR) is 74.9 cm³/mol. The number of aliphatic imine (C=N–C) groups is 1. The maximum absolute atomic E-state index is 11.8. The second-order valence-electron chi connectivity index (χ2n) is 4.28. The number of benzene rings is 1. The molecular weight excluding hydrogens is 226 g/mol. The minimum atomic E-state index is 0.138. The van der Waals surface area contributed by atoms with Crippen molar-refractivity contribution in [3.8, 4) is 5.75 Å². The van der Waals surface area contributed by atoms with Gasteiger partial charge < -0.3 is 4.74 Å². The highest BCUT2D eigenvalue weighted by Crippen LogP contribution is 2.18. The van der Waals surface area contributed by atoms with E-state index in [-0.39, 0.29) is 5.78 Å². The van der Waals surface area contributed by atoms with E-state index in [0.717, 1.165) is 30.7 Å². The van der Waals surface area contributed by atoms with Crippen LogP contribution in [0.15, 0.2) is 29.3 Å². The zero-order valence-corrected chi connectivity index (χ0v) is 11.4. The Kier molecular flexibility index (Phi) is 6.12. The van der Waals surface area contributed by atoms with E-state index >= 15 is 0 Å². The molecule has 0 amide bonds. The highest BCUT2D eigenvalue weighted by molar-refractivity contribution is 6.39. The molecule has 0 aliphatic carbocycles. The van der Waals surface area contributed by atoms with Gasteiger partial charge >= 0.3 is 0 Å². The van der Waals surface area contributed by atoms with Crippen molar-refractivity contribution in [2.24, 2.45) is 4.99 Å². The molecule has 18 heavy (non-hydrogen) atoms. The lowest BCUT2D eigenvalue weighted by atomic mass is 10.1. The van der Waals surface area contributed by atoms with Gasteiger partial charge in [-0.15, -0.1) is 0 Å². The quantitative estimate of drug-likeness (QED) is 0.540. The van der Waals surface area contributed by atoms with Crippen molar-refractivity contribution in [2.45, 2.75) is 39.5 Å². The number of unbranched alkanes of at least 4 members (excludes halogenated alkanes) is 2. The molecule has 0 radical (unpaired) electrons. The lowest BCUT2D eigenvalue weighted by Crippen LogP contribution is -2.09. The van der Waals surface area contributed by atoms with Crippen molar-refractivity contribution in [1.29, 1.82) is 0 Å². The van der Waals surface area contributed by atoms with Gasteiger partial charge in [0.15, 0.2) is 5.78 Å². The maximum atomic E-state index is 11.8. The zero-order valence-electron chi connectivity index (χ0n) is 11.4. The molecule has 0 bridgehead atoms. The molecule has 1 aromatic carbocycles. The number of hydrogen-bond acceptors (Lipinski definition) is 3. The standard InChI is InChI=1S/C15H21NO2/c1-4-5-6-7-15(17)12(2)16-13-8-10-14(18-3)11-9-13/h8-11H,4-7H2,1-3H3. The van der Waals surface area contributed by atoms with E-state index in [0.29, 0.717) is 12.1 Å². The summed E-state index contributed by atoms with van der Waals surface area (Å²) in [5.74, 6) is 0.931. The molecule has 0 saturated heterocycles. The summed E-state index contributed by atoms with van der Waals surface area (Å²) in [7, 11) is 1.63. The van der Waals surface area contributed by atoms with E-state index in [1.165, 1.54) is 0 Å². The highest BCUT2D eigenvalue weighted by Gasteiger charge is 2.05. The Labute approximate surface area is 109 Å². The second-order valence-corrected chi connectivity index (χ2v) is 4.28. The van der Waals surface area contributed by atoms with Crippen molar-refractivity contribution >= 4 is 17.2 Å². The molecular formula is C15H21NO2. The first-order chi connectivity index (χ1) is 8.67. The van der Waals surface area contributed by atoms with Crippen molar-refractivity contribution in [3.63, 3.8) is 0 Å². The second kappa shape index (κ2) is 7.64. The van der Waals surface area contributed by atoms with Crippen LogP contribution in [0.25, 0.3) is 0 Å². The van der Waals surface area contributed by atoms with Crippen LogP contribution in [0.2, 0.25) is 0 Å². The predicted octanol–water partition coefficient (Wildman–Crippen LogP) is 3.94. The molecule has 1 aromatic rings. The summed E-state index contributed by atoms with van der Waals surface area (Å²) in [5, 5.41) is 0. The number of nitrogens with zero attached hydrogens (tertiary/aromatic N) is 1. The smallest absolute Gasteiger partial charge is 0.176 e. The SMILES string of the molecule is CCCCCC(=O)C(C)=Nc1ccc(OC)cc1. The van der Waals surface area contributed by atoms with Gasteiger partial charge in [0.05, 0.1) is 18.5 Å². The molecule has 98 valence electrons. The summed E-state index contributed by atoms with van der Waals surface area (Å²) < 4.78 is 5.07. The summed E-state index contributed by atoms with van der Waals surface area (Å²) >= 11 is 0. The summed E-state index contributed by atoms with van der Waals surface area (Å²) in [4.78, 5) is 16.1. The molecule has 0 aromatic heterocycles. The van der Waals surface area contributed by atoms with E-state index in [1.54, 1.807) is 14.0 Å². The van der Waals surface area contributed by atoms with Crippen LogP contribution in [-0.2, 0) is 4.79 Å². The Morgan fingerprint density at radius 2 is 1.89 bits per heavy atom. The fraction of sp³-hybridized carbons (Fsp3) is 0.467. The summed E-state index contributed by atoms with van der Waals surface area (Å²) in [5.41, 5.74) is 1.37. The van der Waals surface area contributed by atoms with Gasteiger partial charge in [0.2, 0.25) is 0 Å². The summed E-state index contributed by atoms with van der Waals surface area (Å²) in [6, 6.07) is 7.38.